The molecule has 0 bridgehead atoms. The van der Waals surface area contributed by atoms with E-state index < -0.39 is 5.97 Å². The summed E-state index contributed by atoms with van der Waals surface area (Å²) in [5.74, 6) is -0.887. The van der Waals surface area contributed by atoms with Crippen LogP contribution in [-0.2, 0) is 0 Å². The van der Waals surface area contributed by atoms with Crippen LogP contribution in [0.15, 0.2) is 0 Å². The Labute approximate surface area is 105 Å². The predicted octanol–water partition coefficient (Wildman–Crippen LogP) is 3.14. The summed E-state index contributed by atoms with van der Waals surface area (Å²) in [5.41, 5.74) is 1.02. The van der Waals surface area contributed by atoms with Crippen molar-refractivity contribution < 1.29 is 9.90 Å². The second-order valence-electron chi connectivity index (χ2n) is 4.80. The number of aromatic carboxylic acids is 1. The van der Waals surface area contributed by atoms with Gasteiger partial charge in [-0.15, -0.1) is 0 Å². The lowest BCUT2D eigenvalue weighted by atomic mass is 9.67. The van der Waals surface area contributed by atoms with E-state index in [0.717, 1.165) is 11.7 Å². The zero-order valence-corrected chi connectivity index (χ0v) is 11.1. The van der Waals surface area contributed by atoms with Gasteiger partial charge in [0.05, 0.1) is 5.69 Å². The number of rotatable bonds is 5. The van der Waals surface area contributed by atoms with Gasteiger partial charge in [0.2, 0.25) is 0 Å². The molecule has 1 aromatic rings. The topological polar surface area (TPSA) is 62.2 Å². The van der Waals surface area contributed by atoms with Gasteiger partial charge in [0, 0.05) is 6.54 Å². The normalized spacial score (nSPS) is 17.5. The second-order valence-corrected chi connectivity index (χ2v) is 5.80. The molecule has 17 heavy (non-hydrogen) atoms. The fourth-order valence-corrected chi connectivity index (χ4v) is 3.07. The maximum absolute atomic E-state index is 10.9. The van der Waals surface area contributed by atoms with Gasteiger partial charge in [0.15, 0.2) is 5.13 Å². The van der Waals surface area contributed by atoms with Crippen LogP contribution in [0.25, 0.3) is 0 Å². The Hall–Kier alpha value is -1.10. The molecular formula is C12H18N2O2S. The molecule has 0 aliphatic heterocycles. The van der Waals surface area contributed by atoms with Gasteiger partial charge in [-0.05, 0) is 31.6 Å². The third-order valence-corrected chi connectivity index (χ3v) is 4.87. The number of thiazole rings is 1. The van der Waals surface area contributed by atoms with Crippen molar-refractivity contribution in [1.82, 2.24) is 4.98 Å². The van der Waals surface area contributed by atoms with Crippen LogP contribution >= 0.6 is 11.3 Å². The average Bonchev–Trinajstić information content (AvgIpc) is 2.59. The third kappa shape index (κ3) is 2.44. The Morgan fingerprint density at radius 1 is 1.59 bits per heavy atom. The average molecular weight is 254 g/mol. The van der Waals surface area contributed by atoms with Gasteiger partial charge in [0.1, 0.15) is 4.88 Å². The Morgan fingerprint density at radius 3 is 2.71 bits per heavy atom. The molecule has 2 rings (SSSR count). The van der Waals surface area contributed by atoms with E-state index in [2.05, 4.69) is 17.2 Å². The van der Waals surface area contributed by atoms with Crippen LogP contribution in [0.4, 0.5) is 5.13 Å². The van der Waals surface area contributed by atoms with Crippen molar-refractivity contribution in [1.29, 1.82) is 0 Å². The minimum absolute atomic E-state index is 0.339. The monoisotopic (exact) mass is 254 g/mol. The summed E-state index contributed by atoms with van der Waals surface area (Å²) in [6, 6.07) is 0. The van der Waals surface area contributed by atoms with E-state index in [1.165, 1.54) is 37.0 Å². The molecule has 0 aromatic carbocycles. The quantitative estimate of drug-likeness (QED) is 0.847. The van der Waals surface area contributed by atoms with Gasteiger partial charge in [-0.2, -0.15) is 0 Å². The van der Waals surface area contributed by atoms with E-state index in [4.69, 9.17) is 5.11 Å². The first kappa shape index (κ1) is 12.4. The molecule has 1 fully saturated rings. The molecule has 0 atom stereocenters. The first-order chi connectivity index (χ1) is 8.06. The number of carboxylic acid groups (broad SMARTS) is 1. The number of hydrogen-bond donors (Lipinski definition) is 2. The Kier molecular flexibility index (Phi) is 3.38. The maximum Gasteiger partial charge on any atom is 0.347 e. The van der Waals surface area contributed by atoms with Crippen LogP contribution in [0.2, 0.25) is 0 Å². The van der Waals surface area contributed by atoms with Crippen LogP contribution < -0.4 is 5.32 Å². The summed E-state index contributed by atoms with van der Waals surface area (Å²) in [4.78, 5) is 15.5. The summed E-state index contributed by atoms with van der Waals surface area (Å²) in [6.45, 7) is 4.87. The highest BCUT2D eigenvalue weighted by atomic mass is 32.1. The molecule has 1 saturated carbocycles. The fourth-order valence-electron chi connectivity index (χ4n) is 2.27. The van der Waals surface area contributed by atoms with Gasteiger partial charge in [0.25, 0.3) is 0 Å². The van der Waals surface area contributed by atoms with Gasteiger partial charge in [-0.3, -0.25) is 0 Å². The number of carbonyl (C=O) groups is 1. The van der Waals surface area contributed by atoms with Crippen LogP contribution in [0, 0.1) is 12.3 Å². The lowest BCUT2D eigenvalue weighted by Gasteiger charge is -2.41. The van der Waals surface area contributed by atoms with Gasteiger partial charge >= 0.3 is 5.97 Å². The molecule has 1 heterocycles. The summed E-state index contributed by atoms with van der Waals surface area (Å²) in [6.07, 6.45) is 5.03. The van der Waals surface area contributed by atoms with E-state index in [0.29, 0.717) is 16.0 Å². The summed E-state index contributed by atoms with van der Waals surface area (Å²) >= 11 is 1.23. The van der Waals surface area contributed by atoms with E-state index in [-0.39, 0.29) is 0 Å². The Balaban J connectivity index is 1.99. The van der Waals surface area contributed by atoms with Crippen LogP contribution in [0.5, 0.6) is 0 Å². The maximum atomic E-state index is 10.9. The number of nitrogens with one attached hydrogen (secondary N) is 1. The molecule has 5 heteroatoms. The molecule has 0 radical (unpaired) electrons. The van der Waals surface area contributed by atoms with E-state index in [1.54, 1.807) is 6.92 Å². The zero-order valence-electron chi connectivity index (χ0n) is 10.2. The summed E-state index contributed by atoms with van der Waals surface area (Å²) in [7, 11) is 0. The number of aromatic nitrogens is 1. The number of nitrogens with zero attached hydrogens (tertiary/aromatic N) is 1. The molecule has 4 nitrogen and oxygen atoms in total. The minimum Gasteiger partial charge on any atom is -0.477 e. The third-order valence-electron chi connectivity index (χ3n) is 3.77. The Bertz CT molecular complexity index is 419. The molecule has 0 saturated heterocycles. The van der Waals surface area contributed by atoms with Gasteiger partial charge in [-0.1, -0.05) is 24.7 Å². The number of aryl methyl sites for hydroxylation is 1. The van der Waals surface area contributed by atoms with Gasteiger partial charge < -0.3 is 10.4 Å². The van der Waals surface area contributed by atoms with Crippen molar-refractivity contribution in [2.24, 2.45) is 5.41 Å². The number of hydrogen-bond acceptors (Lipinski definition) is 4. The number of anilines is 1. The van der Waals surface area contributed by atoms with Crippen LogP contribution in [-0.4, -0.2) is 22.6 Å². The molecule has 1 aliphatic carbocycles. The standard InChI is InChI=1S/C12H18N2O2S/c1-3-12(5-4-6-12)7-13-11-14-8(2)9(17-11)10(15)16/h3-7H2,1-2H3,(H,13,14)(H,15,16). The van der Waals surface area contributed by atoms with E-state index in [1.807, 2.05) is 0 Å². The Morgan fingerprint density at radius 2 is 2.29 bits per heavy atom. The van der Waals surface area contributed by atoms with Crippen LogP contribution in [0.3, 0.4) is 0 Å². The van der Waals surface area contributed by atoms with Crippen LogP contribution in [0.1, 0.15) is 48.0 Å². The highest BCUT2D eigenvalue weighted by Crippen LogP contribution is 2.43. The lowest BCUT2D eigenvalue weighted by molar-refractivity contribution is 0.0701. The van der Waals surface area contributed by atoms with E-state index in [9.17, 15) is 4.79 Å². The van der Waals surface area contributed by atoms with Crippen molar-refractivity contribution in [3.8, 4) is 0 Å². The van der Waals surface area contributed by atoms with Crippen molar-refractivity contribution >= 4 is 22.4 Å². The van der Waals surface area contributed by atoms with Gasteiger partial charge in [-0.25, -0.2) is 9.78 Å². The van der Waals surface area contributed by atoms with Crippen molar-refractivity contribution in [3.05, 3.63) is 10.6 Å². The van der Waals surface area contributed by atoms with E-state index >= 15 is 0 Å². The first-order valence-corrected chi connectivity index (χ1v) is 6.82. The van der Waals surface area contributed by atoms with Crippen molar-refractivity contribution in [3.63, 3.8) is 0 Å². The highest BCUT2D eigenvalue weighted by molar-refractivity contribution is 7.17. The molecular weight excluding hydrogens is 236 g/mol. The lowest BCUT2D eigenvalue weighted by Crippen LogP contribution is -2.35. The summed E-state index contributed by atoms with van der Waals surface area (Å²) in [5, 5.41) is 13.0. The molecule has 1 aromatic heterocycles. The highest BCUT2D eigenvalue weighted by Gasteiger charge is 2.34. The SMILES string of the molecule is CCC1(CNc2nc(C)c(C(=O)O)s2)CCC1. The molecule has 1 aliphatic rings. The predicted molar refractivity (Wildman–Crippen MR) is 68.9 cm³/mol. The van der Waals surface area contributed by atoms with Crippen molar-refractivity contribution in [2.75, 3.05) is 11.9 Å². The minimum atomic E-state index is -0.887. The number of carboxylic acids is 1. The second kappa shape index (κ2) is 4.64. The summed E-state index contributed by atoms with van der Waals surface area (Å²) < 4.78 is 0. The molecule has 94 valence electrons. The molecule has 0 spiro atoms. The largest absolute Gasteiger partial charge is 0.477 e. The molecule has 0 unspecified atom stereocenters. The first-order valence-electron chi connectivity index (χ1n) is 6.01. The van der Waals surface area contributed by atoms with Crippen molar-refractivity contribution in [2.45, 2.75) is 39.5 Å². The smallest absolute Gasteiger partial charge is 0.347 e. The zero-order chi connectivity index (χ0) is 12.5. The fraction of sp³-hybridized carbons (Fsp3) is 0.667. The molecule has 2 N–H and O–H groups in total. The molecule has 0 amide bonds.